The number of aromatic hydroxyl groups is 1. The van der Waals surface area contributed by atoms with Crippen LogP contribution in [0.5, 0.6) is 11.5 Å². The van der Waals surface area contributed by atoms with Gasteiger partial charge in [0.1, 0.15) is 11.5 Å². The number of hydrogen-bond acceptors (Lipinski definition) is 3. The highest BCUT2D eigenvalue weighted by Gasteiger charge is 2.06. The van der Waals surface area contributed by atoms with Gasteiger partial charge in [-0.3, -0.25) is 0 Å². The van der Waals surface area contributed by atoms with Crippen molar-refractivity contribution in [2.75, 3.05) is 7.11 Å². The summed E-state index contributed by atoms with van der Waals surface area (Å²) in [5.74, 6) is 1.19. The van der Waals surface area contributed by atoms with Gasteiger partial charge in [0.15, 0.2) is 0 Å². The standard InChI is InChI=1S/C16H19NO2/c1-12(13-7-9-15(19-2)10-8-13)17-11-14-5-3-4-6-16(14)18/h3-10,12,17-18H,11H2,1-2H3/t12-/m0/s1. The second kappa shape index (κ2) is 6.25. The molecule has 3 nitrogen and oxygen atoms in total. The fourth-order valence-corrected chi connectivity index (χ4v) is 1.93. The number of hydrogen-bond donors (Lipinski definition) is 2. The van der Waals surface area contributed by atoms with Crippen LogP contribution in [0.25, 0.3) is 0 Å². The molecule has 2 aromatic carbocycles. The lowest BCUT2D eigenvalue weighted by Crippen LogP contribution is -2.18. The molecule has 0 aliphatic rings. The van der Waals surface area contributed by atoms with Crippen LogP contribution in [0.15, 0.2) is 48.5 Å². The molecule has 1 atom stereocenters. The van der Waals surface area contributed by atoms with E-state index in [0.29, 0.717) is 12.3 Å². The zero-order valence-corrected chi connectivity index (χ0v) is 11.3. The molecule has 0 fully saturated rings. The zero-order valence-electron chi connectivity index (χ0n) is 11.3. The number of para-hydroxylation sites is 1. The predicted octanol–water partition coefficient (Wildman–Crippen LogP) is 3.25. The second-order valence-electron chi connectivity index (χ2n) is 4.50. The third-order valence-corrected chi connectivity index (χ3v) is 3.21. The largest absolute Gasteiger partial charge is 0.508 e. The first kappa shape index (κ1) is 13.4. The molecule has 0 saturated heterocycles. The van der Waals surface area contributed by atoms with E-state index in [0.717, 1.165) is 11.3 Å². The summed E-state index contributed by atoms with van der Waals surface area (Å²) >= 11 is 0. The maximum absolute atomic E-state index is 9.71. The Morgan fingerprint density at radius 3 is 2.42 bits per heavy atom. The van der Waals surface area contributed by atoms with Gasteiger partial charge in [-0.25, -0.2) is 0 Å². The van der Waals surface area contributed by atoms with Crippen molar-refractivity contribution in [3.8, 4) is 11.5 Å². The summed E-state index contributed by atoms with van der Waals surface area (Å²) < 4.78 is 5.14. The Hall–Kier alpha value is -2.00. The molecule has 0 amide bonds. The van der Waals surface area contributed by atoms with Crippen molar-refractivity contribution in [1.82, 2.24) is 5.32 Å². The first-order valence-corrected chi connectivity index (χ1v) is 6.35. The smallest absolute Gasteiger partial charge is 0.120 e. The van der Waals surface area contributed by atoms with E-state index in [1.54, 1.807) is 13.2 Å². The molecule has 0 bridgehead atoms. The Morgan fingerprint density at radius 2 is 1.79 bits per heavy atom. The normalized spacial score (nSPS) is 12.1. The Bertz CT molecular complexity index is 523. The lowest BCUT2D eigenvalue weighted by atomic mass is 10.1. The predicted molar refractivity (Wildman–Crippen MR) is 76.4 cm³/mol. The zero-order chi connectivity index (χ0) is 13.7. The summed E-state index contributed by atoms with van der Waals surface area (Å²) in [6.45, 7) is 2.74. The molecule has 0 radical (unpaired) electrons. The summed E-state index contributed by atoms with van der Waals surface area (Å²) in [6.07, 6.45) is 0. The molecule has 2 rings (SSSR count). The minimum atomic E-state index is 0.213. The average molecular weight is 257 g/mol. The molecule has 2 N–H and O–H groups in total. The van der Waals surface area contributed by atoms with Crippen LogP contribution >= 0.6 is 0 Å². The van der Waals surface area contributed by atoms with Crippen LogP contribution in [-0.4, -0.2) is 12.2 Å². The fraction of sp³-hybridized carbons (Fsp3) is 0.250. The lowest BCUT2D eigenvalue weighted by Gasteiger charge is -2.15. The highest BCUT2D eigenvalue weighted by molar-refractivity contribution is 5.32. The summed E-state index contributed by atoms with van der Waals surface area (Å²) in [5, 5.41) is 13.1. The fourth-order valence-electron chi connectivity index (χ4n) is 1.93. The summed E-state index contributed by atoms with van der Waals surface area (Å²) in [6, 6.07) is 15.6. The molecule has 0 saturated carbocycles. The van der Waals surface area contributed by atoms with Crippen molar-refractivity contribution in [3.05, 3.63) is 59.7 Å². The summed E-state index contributed by atoms with van der Waals surface area (Å²) in [5.41, 5.74) is 2.10. The van der Waals surface area contributed by atoms with Crippen molar-refractivity contribution < 1.29 is 9.84 Å². The Labute approximate surface area is 113 Å². The van der Waals surface area contributed by atoms with E-state index in [1.807, 2.05) is 42.5 Å². The highest BCUT2D eigenvalue weighted by atomic mass is 16.5. The number of phenols is 1. The molecule has 0 aliphatic heterocycles. The monoisotopic (exact) mass is 257 g/mol. The molecule has 0 heterocycles. The van der Waals surface area contributed by atoms with Crippen molar-refractivity contribution in [2.45, 2.75) is 19.5 Å². The number of phenolic OH excluding ortho intramolecular Hbond substituents is 1. The molecule has 3 heteroatoms. The van der Waals surface area contributed by atoms with E-state index in [-0.39, 0.29) is 6.04 Å². The molecule has 100 valence electrons. The SMILES string of the molecule is COc1ccc([C@H](C)NCc2ccccc2O)cc1. The maximum atomic E-state index is 9.71. The van der Waals surface area contributed by atoms with E-state index in [4.69, 9.17) is 4.74 Å². The molecule has 0 aromatic heterocycles. The summed E-state index contributed by atoms with van der Waals surface area (Å²) in [4.78, 5) is 0. The van der Waals surface area contributed by atoms with Crippen molar-refractivity contribution >= 4 is 0 Å². The van der Waals surface area contributed by atoms with Crippen molar-refractivity contribution in [1.29, 1.82) is 0 Å². The van der Waals surface area contributed by atoms with E-state index in [1.165, 1.54) is 5.56 Å². The molecule has 0 spiro atoms. The molecule has 19 heavy (non-hydrogen) atoms. The van der Waals surface area contributed by atoms with Gasteiger partial charge in [-0.15, -0.1) is 0 Å². The lowest BCUT2D eigenvalue weighted by molar-refractivity contribution is 0.414. The van der Waals surface area contributed by atoms with Crippen LogP contribution in [0.2, 0.25) is 0 Å². The molecular formula is C16H19NO2. The van der Waals surface area contributed by atoms with Crippen LogP contribution in [0, 0.1) is 0 Å². The van der Waals surface area contributed by atoms with Gasteiger partial charge in [0.05, 0.1) is 7.11 Å². The van der Waals surface area contributed by atoms with Crippen LogP contribution in [0.4, 0.5) is 0 Å². The highest BCUT2D eigenvalue weighted by Crippen LogP contribution is 2.19. The Balaban J connectivity index is 1.97. The molecule has 2 aromatic rings. The summed E-state index contributed by atoms with van der Waals surface area (Å²) in [7, 11) is 1.66. The van der Waals surface area contributed by atoms with E-state index in [9.17, 15) is 5.11 Å². The van der Waals surface area contributed by atoms with Gasteiger partial charge in [0.2, 0.25) is 0 Å². The van der Waals surface area contributed by atoms with Gasteiger partial charge in [0.25, 0.3) is 0 Å². The third-order valence-electron chi connectivity index (χ3n) is 3.21. The number of rotatable bonds is 5. The third kappa shape index (κ3) is 3.48. The number of benzene rings is 2. The number of methoxy groups -OCH3 is 1. The van der Waals surface area contributed by atoms with Crippen LogP contribution in [-0.2, 0) is 6.54 Å². The van der Waals surface area contributed by atoms with E-state index in [2.05, 4.69) is 12.2 Å². The number of ether oxygens (including phenoxy) is 1. The van der Waals surface area contributed by atoms with E-state index < -0.39 is 0 Å². The van der Waals surface area contributed by atoms with Gasteiger partial charge in [-0.2, -0.15) is 0 Å². The van der Waals surface area contributed by atoms with Crippen LogP contribution < -0.4 is 10.1 Å². The Kier molecular flexibility index (Phi) is 4.42. The topological polar surface area (TPSA) is 41.5 Å². The molecule has 0 unspecified atom stereocenters. The minimum Gasteiger partial charge on any atom is -0.508 e. The van der Waals surface area contributed by atoms with Crippen molar-refractivity contribution in [3.63, 3.8) is 0 Å². The first-order valence-electron chi connectivity index (χ1n) is 6.35. The average Bonchev–Trinajstić information content (AvgIpc) is 2.46. The quantitative estimate of drug-likeness (QED) is 0.864. The molecule has 0 aliphatic carbocycles. The Morgan fingerprint density at radius 1 is 1.11 bits per heavy atom. The first-order chi connectivity index (χ1) is 9.20. The van der Waals surface area contributed by atoms with Gasteiger partial charge in [-0.05, 0) is 30.7 Å². The minimum absolute atomic E-state index is 0.213. The van der Waals surface area contributed by atoms with Crippen LogP contribution in [0.3, 0.4) is 0 Å². The van der Waals surface area contributed by atoms with Gasteiger partial charge in [-0.1, -0.05) is 30.3 Å². The van der Waals surface area contributed by atoms with Gasteiger partial charge >= 0.3 is 0 Å². The second-order valence-corrected chi connectivity index (χ2v) is 4.50. The van der Waals surface area contributed by atoms with Gasteiger partial charge < -0.3 is 15.2 Å². The van der Waals surface area contributed by atoms with Crippen LogP contribution in [0.1, 0.15) is 24.1 Å². The van der Waals surface area contributed by atoms with Crippen molar-refractivity contribution in [2.24, 2.45) is 0 Å². The maximum Gasteiger partial charge on any atom is 0.120 e. The van der Waals surface area contributed by atoms with E-state index >= 15 is 0 Å². The number of nitrogens with one attached hydrogen (secondary N) is 1. The van der Waals surface area contributed by atoms with Gasteiger partial charge in [0, 0.05) is 18.2 Å². The molecular weight excluding hydrogens is 238 g/mol.